The highest BCUT2D eigenvalue weighted by atomic mass is 16.5. The molecule has 1 unspecified atom stereocenters. The van der Waals surface area contributed by atoms with Gasteiger partial charge in [-0.1, -0.05) is 12.1 Å². The Morgan fingerprint density at radius 1 is 1.03 bits per heavy atom. The van der Waals surface area contributed by atoms with E-state index in [1.54, 1.807) is 60.7 Å². The van der Waals surface area contributed by atoms with Crippen LogP contribution < -0.4 is 19.7 Å². The zero-order valence-electron chi connectivity index (χ0n) is 19.3. The summed E-state index contributed by atoms with van der Waals surface area (Å²) in [5.41, 5.74) is 1.27. The first-order chi connectivity index (χ1) is 16.8. The number of nitrogens with one attached hydrogen (secondary N) is 1. The van der Waals surface area contributed by atoms with Crippen molar-refractivity contribution in [1.29, 1.82) is 0 Å². The van der Waals surface area contributed by atoms with Crippen molar-refractivity contribution in [3.05, 3.63) is 83.7 Å². The van der Waals surface area contributed by atoms with Gasteiger partial charge in [-0.3, -0.25) is 24.3 Å². The van der Waals surface area contributed by atoms with Crippen molar-refractivity contribution in [1.82, 2.24) is 4.98 Å². The Labute approximate surface area is 201 Å². The van der Waals surface area contributed by atoms with Crippen LogP contribution in [-0.2, 0) is 14.4 Å². The van der Waals surface area contributed by atoms with Gasteiger partial charge in [0.15, 0.2) is 0 Å². The quantitative estimate of drug-likeness (QED) is 0.318. The van der Waals surface area contributed by atoms with Crippen molar-refractivity contribution in [2.75, 3.05) is 24.4 Å². The Balaban J connectivity index is 1.93. The number of hydrogen-bond acceptors (Lipinski definition) is 7. The fourth-order valence-corrected chi connectivity index (χ4v) is 3.99. The summed E-state index contributed by atoms with van der Waals surface area (Å²) in [4.78, 5) is 43.7. The molecule has 1 aromatic heterocycles. The van der Waals surface area contributed by atoms with Gasteiger partial charge < -0.3 is 19.9 Å². The highest BCUT2D eigenvalue weighted by molar-refractivity contribution is 6.51. The van der Waals surface area contributed by atoms with Crippen LogP contribution in [0.2, 0.25) is 0 Å². The maximum atomic E-state index is 13.3. The van der Waals surface area contributed by atoms with Crippen LogP contribution in [0.25, 0.3) is 5.76 Å². The highest BCUT2D eigenvalue weighted by Crippen LogP contribution is 2.43. The number of pyridine rings is 1. The van der Waals surface area contributed by atoms with Gasteiger partial charge >= 0.3 is 0 Å². The number of ether oxygens (including phenoxy) is 2. The predicted molar refractivity (Wildman–Crippen MR) is 129 cm³/mol. The van der Waals surface area contributed by atoms with Gasteiger partial charge in [-0.15, -0.1) is 0 Å². The molecule has 2 aromatic carbocycles. The molecule has 0 aliphatic carbocycles. The number of rotatable bonds is 6. The van der Waals surface area contributed by atoms with Gasteiger partial charge in [0, 0.05) is 30.6 Å². The highest BCUT2D eigenvalue weighted by Gasteiger charge is 2.48. The molecule has 1 aliphatic rings. The summed E-state index contributed by atoms with van der Waals surface area (Å²) in [5.74, 6) is -1.64. The number of aliphatic hydroxyl groups excluding tert-OH is 1. The molecule has 178 valence electrons. The Morgan fingerprint density at radius 2 is 1.83 bits per heavy atom. The Morgan fingerprint density at radius 3 is 2.49 bits per heavy atom. The SMILES string of the molecule is COc1ccc(/C(O)=C2/C(=O)C(=O)N(c3cccc(NC(C)=O)c3)C2c2ccccn2)c(OC)c1. The van der Waals surface area contributed by atoms with E-state index >= 15 is 0 Å². The predicted octanol–water partition coefficient (Wildman–Crippen LogP) is 3.68. The third-order valence-corrected chi connectivity index (χ3v) is 5.52. The number of carbonyl (C=O) groups is 3. The lowest BCUT2D eigenvalue weighted by atomic mass is 9.97. The summed E-state index contributed by atoms with van der Waals surface area (Å²) in [7, 11) is 2.92. The number of benzene rings is 2. The first-order valence-corrected chi connectivity index (χ1v) is 10.7. The molecular formula is C26H23N3O6. The second-order valence-electron chi connectivity index (χ2n) is 7.72. The van der Waals surface area contributed by atoms with Crippen LogP contribution in [0, 0.1) is 0 Å². The molecule has 35 heavy (non-hydrogen) atoms. The lowest BCUT2D eigenvalue weighted by molar-refractivity contribution is -0.132. The number of amides is 2. The maximum absolute atomic E-state index is 13.3. The van der Waals surface area contributed by atoms with E-state index in [1.165, 1.54) is 32.2 Å². The fourth-order valence-electron chi connectivity index (χ4n) is 3.99. The van der Waals surface area contributed by atoms with Gasteiger partial charge in [-0.05, 0) is 42.5 Å². The summed E-state index contributed by atoms with van der Waals surface area (Å²) in [5, 5.41) is 14.0. The number of methoxy groups -OCH3 is 2. The first kappa shape index (κ1) is 23.5. The van der Waals surface area contributed by atoms with Gasteiger partial charge in [-0.25, -0.2) is 0 Å². The molecule has 0 bridgehead atoms. The van der Waals surface area contributed by atoms with Crippen molar-refractivity contribution < 1.29 is 29.0 Å². The molecule has 0 spiro atoms. The van der Waals surface area contributed by atoms with Crippen molar-refractivity contribution in [3.8, 4) is 11.5 Å². The van der Waals surface area contributed by atoms with Gasteiger partial charge in [0.1, 0.15) is 23.3 Å². The molecule has 0 saturated carbocycles. The van der Waals surface area contributed by atoms with Crippen molar-refractivity contribution in [2.24, 2.45) is 0 Å². The Kier molecular flexibility index (Phi) is 6.50. The van der Waals surface area contributed by atoms with E-state index in [0.717, 1.165) is 0 Å². The molecule has 1 fully saturated rings. The summed E-state index contributed by atoms with van der Waals surface area (Å²) in [6, 6.07) is 15.4. The minimum absolute atomic E-state index is 0.137. The molecule has 1 atom stereocenters. The van der Waals surface area contributed by atoms with E-state index in [-0.39, 0.29) is 22.8 Å². The van der Waals surface area contributed by atoms with Crippen LogP contribution >= 0.6 is 0 Å². The molecule has 9 heteroatoms. The number of nitrogens with zero attached hydrogens (tertiary/aromatic N) is 2. The van der Waals surface area contributed by atoms with Gasteiger partial charge in [-0.2, -0.15) is 0 Å². The van der Waals surface area contributed by atoms with Crippen molar-refractivity contribution >= 4 is 34.7 Å². The number of aliphatic hydroxyl groups is 1. The molecule has 1 saturated heterocycles. The lowest BCUT2D eigenvalue weighted by Crippen LogP contribution is -2.30. The minimum Gasteiger partial charge on any atom is -0.507 e. The smallest absolute Gasteiger partial charge is 0.300 e. The first-order valence-electron chi connectivity index (χ1n) is 10.7. The average molecular weight is 473 g/mol. The summed E-state index contributed by atoms with van der Waals surface area (Å²) in [6.07, 6.45) is 1.54. The summed E-state index contributed by atoms with van der Waals surface area (Å²) in [6.45, 7) is 1.37. The molecule has 2 N–H and O–H groups in total. The van der Waals surface area contributed by atoms with Crippen LogP contribution in [0.3, 0.4) is 0 Å². The average Bonchev–Trinajstić information content (AvgIpc) is 3.13. The van der Waals surface area contributed by atoms with Gasteiger partial charge in [0.25, 0.3) is 11.7 Å². The number of hydrogen-bond donors (Lipinski definition) is 2. The number of carbonyl (C=O) groups excluding carboxylic acids is 3. The normalized spacial score (nSPS) is 16.8. The standard InChI is InChI=1S/C26H23N3O6/c1-15(30)28-16-7-6-8-17(13-16)29-23(20-9-4-5-12-27-20)22(25(32)26(29)33)24(31)19-11-10-18(34-2)14-21(19)35-3/h4-14,23,31H,1-3H3,(H,28,30)/b24-22-. The molecule has 2 heterocycles. The van der Waals surface area contributed by atoms with E-state index in [2.05, 4.69) is 10.3 Å². The maximum Gasteiger partial charge on any atom is 0.300 e. The molecule has 2 amide bonds. The van der Waals surface area contributed by atoms with E-state index in [1.807, 2.05) is 0 Å². The number of ketones is 1. The van der Waals surface area contributed by atoms with Crippen LogP contribution in [0.5, 0.6) is 11.5 Å². The minimum atomic E-state index is -1.02. The van der Waals surface area contributed by atoms with Crippen LogP contribution in [0.4, 0.5) is 11.4 Å². The second kappa shape index (κ2) is 9.68. The molecule has 0 radical (unpaired) electrons. The number of aromatic nitrogens is 1. The zero-order valence-corrected chi connectivity index (χ0v) is 19.3. The van der Waals surface area contributed by atoms with Crippen molar-refractivity contribution in [2.45, 2.75) is 13.0 Å². The molecule has 1 aliphatic heterocycles. The molecule has 3 aromatic rings. The van der Waals surface area contributed by atoms with Crippen LogP contribution in [-0.4, -0.2) is 41.9 Å². The van der Waals surface area contributed by atoms with Crippen molar-refractivity contribution in [3.63, 3.8) is 0 Å². The Bertz CT molecular complexity index is 1340. The van der Waals surface area contributed by atoms with E-state index in [4.69, 9.17) is 9.47 Å². The molecule has 4 rings (SSSR count). The monoisotopic (exact) mass is 473 g/mol. The largest absolute Gasteiger partial charge is 0.507 e. The molecular weight excluding hydrogens is 450 g/mol. The topological polar surface area (TPSA) is 118 Å². The van der Waals surface area contributed by atoms with E-state index in [0.29, 0.717) is 22.8 Å². The van der Waals surface area contributed by atoms with E-state index < -0.39 is 23.5 Å². The summed E-state index contributed by atoms with van der Waals surface area (Å²) < 4.78 is 10.6. The zero-order chi connectivity index (χ0) is 25.1. The third kappa shape index (κ3) is 4.43. The van der Waals surface area contributed by atoms with Gasteiger partial charge in [0.05, 0.1) is 31.1 Å². The lowest BCUT2D eigenvalue weighted by Gasteiger charge is -2.25. The summed E-state index contributed by atoms with van der Waals surface area (Å²) >= 11 is 0. The van der Waals surface area contributed by atoms with Crippen LogP contribution in [0.1, 0.15) is 24.2 Å². The fraction of sp³-hybridized carbons (Fsp3) is 0.154. The number of Topliss-reactive ketones (excluding diaryl/α,β-unsaturated/α-hetero) is 1. The Hall–Kier alpha value is -4.66. The van der Waals surface area contributed by atoms with E-state index in [9.17, 15) is 19.5 Å². The third-order valence-electron chi connectivity index (χ3n) is 5.52. The molecule has 9 nitrogen and oxygen atoms in total. The van der Waals surface area contributed by atoms with Gasteiger partial charge in [0.2, 0.25) is 5.91 Å². The van der Waals surface area contributed by atoms with Crippen LogP contribution in [0.15, 0.2) is 72.4 Å². The number of anilines is 2. The second-order valence-corrected chi connectivity index (χ2v) is 7.72.